The van der Waals surface area contributed by atoms with Crippen molar-refractivity contribution in [3.05, 3.63) is 71.9 Å². The van der Waals surface area contributed by atoms with Crippen LogP contribution in [-0.2, 0) is 6.54 Å². The maximum Gasteiger partial charge on any atom is 0.226 e. The van der Waals surface area contributed by atoms with Crippen molar-refractivity contribution in [1.82, 2.24) is 10.3 Å². The molecule has 0 aliphatic carbocycles. The molecule has 142 valence electrons. The summed E-state index contributed by atoms with van der Waals surface area (Å²) in [5.74, 6) is 1.13. The molecule has 0 aliphatic heterocycles. The number of rotatable bonds is 6. The zero-order valence-corrected chi connectivity index (χ0v) is 16.1. The second-order valence-corrected chi connectivity index (χ2v) is 7.60. The van der Waals surface area contributed by atoms with Crippen LogP contribution in [0.15, 0.2) is 59.2 Å². The maximum absolute atomic E-state index is 13.3. The van der Waals surface area contributed by atoms with Crippen LogP contribution in [0.1, 0.15) is 38.1 Å². The molecule has 0 spiro atoms. The van der Waals surface area contributed by atoms with E-state index in [2.05, 4.69) is 31.1 Å². The molecule has 3 rings (SSSR count). The molecule has 1 unspecified atom stereocenters. The zero-order chi connectivity index (χ0) is 19.4. The number of methoxy groups -OCH3 is 1. The number of nitrogens with zero attached hydrogens (tertiary/aromatic N) is 1. The predicted molar refractivity (Wildman–Crippen MR) is 104 cm³/mol. The van der Waals surface area contributed by atoms with Crippen LogP contribution in [0.2, 0.25) is 0 Å². The smallest absolute Gasteiger partial charge is 0.226 e. The lowest BCUT2D eigenvalue weighted by Crippen LogP contribution is -2.32. The summed E-state index contributed by atoms with van der Waals surface area (Å²) in [7, 11) is 1.64. The van der Waals surface area contributed by atoms with Crippen molar-refractivity contribution in [3.63, 3.8) is 0 Å². The fourth-order valence-electron chi connectivity index (χ4n) is 3.04. The van der Waals surface area contributed by atoms with Crippen molar-refractivity contribution < 1.29 is 13.5 Å². The Morgan fingerprint density at radius 2 is 1.74 bits per heavy atom. The average Bonchev–Trinajstić information content (AvgIpc) is 3.11. The molecule has 1 aromatic heterocycles. The van der Waals surface area contributed by atoms with Gasteiger partial charge in [-0.2, -0.15) is 0 Å². The quantitative estimate of drug-likeness (QED) is 0.636. The average molecular weight is 368 g/mol. The van der Waals surface area contributed by atoms with Gasteiger partial charge in [0.2, 0.25) is 5.89 Å². The molecule has 0 radical (unpaired) electrons. The van der Waals surface area contributed by atoms with E-state index in [-0.39, 0.29) is 17.3 Å². The largest absolute Gasteiger partial charge is 0.497 e. The van der Waals surface area contributed by atoms with Gasteiger partial charge < -0.3 is 14.5 Å². The third-order valence-electron chi connectivity index (χ3n) is 4.45. The van der Waals surface area contributed by atoms with Crippen molar-refractivity contribution in [2.24, 2.45) is 5.41 Å². The maximum atomic E-state index is 13.3. The van der Waals surface area contributed by atoms with Crippen LogP contribution in [0.3, 0.4) is 0 Å². The van der Waals surface area contributed by atoms with Gasteiger partial charge in [-0.25, -0.2) is 9.37 Å². The summed E-state index contributed by atoms with van der Waals surface area (Å²) in [6.07, 6.45) is 1.66. The number of hydrogen-bond donors (Lipinski definition) is 1. The first kappa shape index (κ1) is 19.1. The summed E-state index contributed by atoms with van der Waals surface area (Å²) >= 11 is 0. The number of aromatic nitrogens is 1. The molecule has 0 saturated carbocycles. The Balaban J connectivity index is 1.72. The van der Waals surface area contributed by atoms with E-state index in [1.165, 1.54) is 12.1 Å². The highest BCUT2D eigenvalue weighted by atomic mass is 19.1. The Hall–Kier alpha value is -2.66. The van der Waals surface area contributed by atoms with Gasteiger partial charge in [-0.3, -0.25) is 0 Å². The molecule has 3 aromatic rings. The van der Waals surface area contributed by atoms with E-state index in [9.17, 15) is 4.39 Å². The Morgan fingerprint density at radius 1 is 1.07 bits per heavy atom. The van der Waals surface area contributed by atoms with E-state index < -0.39 is 0 Å². The van der Waals surface area contributed by atoms with Crippen LogP contribution in [0.25, 0.3) is 11.5 Å². The number of nitrogens with one attached hydrogen (secondary N) is 1. The van der Waals surface area contributed by atoms with Gasteiger partial charge in [-0.1, -0.05) is 32.9 Å². The minimum atomic E-state index is -0.230. The number of ether oxygens (including phenoxy) is 1. The molecule has 4 nitrogen and oxygen atoms in total. The van der Waals surface area contributed by atoms with E-state index >= 15 is 0 Å². The molecule has 0 amide bonds. The summed E-state index contributed by atoms with van der Waals surface area (Å²) in [6.45, 7) is 7.01. The minimum absolute atomic E-state index is 0.0413. The zero-order valence-electron chi connectivity index (χ0n) is 16.1. The van der Waals surface area contributed by atoms with Crippen LogP contribution < -0.4 is 10.1 Å². The van der Waals surface area contributed by atoms with Gasteiger partial charge >= 0.3 is 0 Å². The van der Waals surface area contributed by atoms with Crippen LogP contribution in [0, 0.1) is 11.2 Å². The van der Waals surface area contributed by atoms with E-state index in [1.807, 2.05) is 36.4 Å². The molecule has 27 heavy (non-hydrogen) atoms. The van der Waals surface area contributed by atoms with E-state index in [4.69, 9.17) is 9.15 Å². The second-order valence-electron chi connectivity index (χ2n) is 7.60. The highest BCUT2D eigenvalue weighted by molar-refractivity contribution is 5.54. The van der Waals surface area contributed by atoms with Gasteiger partial charge in [0.25, 0.3) is 0 Å². The first-order chi connectivity index (χ1) is 12.9. The topological polar surface area (TPSA) is 47.3 Å². The summed E-state index contributed by atoms with van der Waals surface area (Å²) in [6, 6.07) is 14.3. The number of hydrogen-bond acceptors (Lipinski definition) is 4. The first-order valence-electron chi connectivity index (χ1n) is 8.94. The van der Waals surface area contributed by atoms with E-state index in [0.29, 0.717) is 12.4 Å². The van der Waals surface area contributed by atoms with Crippen molar-refractivity contribution >= 4 is 0 Å². The Labute approximate surface area is 159 Å². The van der Waals surface area contributed by atoms with Crippen molar-refractivity contribution in [3.8, 4) is 17.2 Å². The predicted octanol–water partition coefficient (Wildman–Crippen LogP) is 5.37. The molecule has 2 aromatic carbocycles. The first-order valence-corrected chi connectivity index (χ1v) is 8.94. The molecule has 1 atom stereocenters. The monoisotopic (exact) mass is 368 g/mol. The van der Waals surface area contributed by atoms with Crippen molar-refractivity contribution in [2.75, 3.05) is 7.11 Å². The Kier molecular flexibility index (Phi) is 5.61. The SMILES string of the molecule is COc1ccc(-c2nc(CNC(c3ccc(F)cc3)C(C)(C)C)co2)cc1. The van der Waals surface area contributed by atoms with Gasteiger partial charge in [-0.15, -0.1) is 0 Å². The third kappa shape index (κ3) is 4.74. The molecular formula is C22H25FN2O2. The summed E-state index contributed by atoms with van der Waals surface area (Å²) in [5.41, 5.74) is 2.72. The Bertz CT molecular complexity index is 865. The summed E-state index contributed by atoms with van der Waals surface area (Å²) in [5, 5.41) is 3.53. The van der Waals surface area contributed by atoms with Gasteiger partial charge in [0.15, 0.2) is 0 Å². The fourth-order valence-corrected chi connectivity index (χ4v) is 3.04. The lowest BCUT2D eigenvalue weighted by atomic mass is 9.82. The van der Waals surface area contributed by atoms with Gasteiger partial charge in [0, 0.05) is 18.2 Å². The molecule has 5 heteroatoms. The number of oxazole rings is 1. The highest BCUT2D eigenvalue weighted by Gasteiger charge is 2.26. The van der Waals surface area contributed by atoms with Crippen LogP contribution in [0.5, 0.6) is 5.75 Å². The molecule has 0 aliphatic rings. The van der Waals surface area contributed by atoms with Crippen molar-refractivity contribution in [1.29, 1.82) is 0 Å². The molecule has 0 saturated heterocycles. The third-order valence-corrected chi connectivity index (χ3v) is 4.45. The summed E-state index contributed by atoms with van der Waals surface area (Å²) < 4.78 is 24.1. The highest BCUT2D eigenvalue weighted by Crippen LogP contribution is 2.33. The second kappa shape index (κ2) is 7.92. The molecule has 0 bridgehead atoms. The normalized spacial score (nSPS) is 12.8. The van der Waals surface area contributed by atoms with Crippen LogP contribution in [-0.4, -0.2) is 12.1 Å². The van der Waals surface area contributed by atoms with E-state index in [0.717, 1.165) is 22.6 Å². The summed E-state index contributed by atoms with van der Waals surface area (Å²) in [4.78, 5) is 4.57. The lowest BCUT2D eigenvalue weighted by molar-refractivity contribution is 0.270. The lowest BCUT2D eigenvalue weighted by Gasteiger charge is -2.32. The minimum Gasteiger partial charge on any atom is -0.497 e. The number of halogens is 1. The van der Waals surface area contributed by atoms with Crippen molar-refractivity contribution in [2.45, 2.75) is 33.4 Å². The van der Waals surface area contributed by atoms with Crippen LogP contribution >= 0.6 is 0 Å². The molecular weight excluding hydrogens is 343 g/mol. The number of benzene rings is 2. The van der Waals surface area contributed by atoms with Gasteiger partial charge in [-0.05, 0) is 47.4 Å². The fraction of sp³-hybridized carbons (Fsp3) is 0.318. The Morgan fingerprint density at radius 3 is 2.33 bits per heavy atom. The molecule has 0 fully saturated rings. The standard InChI is InChI=1S/C22H25FN2O2/c1-22(2,3)20(15-5-9-17(23)10-6-15)24-13-18-14-27-21(25-18)16-7-11-19(26-4)12-8-16/h5-12,14,20,24H,13H2,1-4H3. The molecule has 1 N–H and O–H groups in total. The van der Waals surface area contributed by atoms with E-state index in [1.54, 1.807) is 13.4 Å². The molecule has 1 heterocycles. The van der Waals surface area contributed by atoms with Crippen LogP contribution in [0.4, 0.5) is 4.39 Å². The van der Waals surface area contributed by atoms with Gasteiger partial charge in [0.1, 0.15) is 17.8 Å². The van der Waals surface area contributed by atoms with Gasteiger partial charge in [0.05, 0.1) is 12.8 Å².